The quantitative estimate of drug-likeness (QED) is 0.498. The molecule has 0 saturated carbocycles. The fourth-order valence-electron chi connectivity index (χ4n) is 3.75. The number of para-hydroxylation sites is 1. The van der Waals surface area contributed by atoms with E-state index in [0.29, 0.717) is 25.2 Å². The average Bonchev–Trinajstić information content (AvgIpc) is 3.31. The Labute approximate surface area is 198 Å². The van der Waals surface area contributed by atoms with Crippen LogP contribution in [0, 0.1) is 0 Å². The number of hydrogen-bond acceptors (Lipinski definition) is 6. The van der Waals surface area contributed by atoms with Gasteiger partial charge in [0.1, 0.15) is 11.3 Å². The summed E-state index contributed by atoms with van der Waals surface area (Å²) in [6, 6.07) is 20.6. The summed E-state index contributed by atoms with van der Waals surface area (Å²) in [5, 5.41) is 2.67. The number of sulfonamides is 1. The van der Waals surface area contributed by atoms with E-state index >= 15 is 0 Å². The van der Waals surface area contributed by atoms with Crippen molar-refractivity contribution < 1.29 is 27.5 Å². The third-order valence-corrected chi connectivity index (χ3v) is 7.30. The van der Waals surface area contributed by atoms with Crippen LogP contribution in [0.1, 0.15) is 21.5 Å². The Morgan fingerprint density at radius 1 is 1.00 bits per heavy atom. The second-order valence-electron chi connectivity index (χ2n) is 7.66. The molecule has 9 heteroatoms. The standard InChI is InChI=1S/C25H24N2O6S/c1-32-23-12-11-20(34(30,31)27-14-13-19-9-5-6-10-22(19)27)15-21(23)25(29)33-17-24(28)26-16-18-7-3-2-4-8-18/h2-12,15H,13-14,16-17H2,1H3,(H,26,28). The zero-order chi connectivity index (χ0) is 24.1. The maximum absolute atomic E-state index is 13.3. The van der Waals surface area contributed by atoms with Gasteiger partial charge in [0.25, 0.3) is 15.9 Å². The minimum Gasteiger partial charge on any atom is -0.496 e. The highest BCUT2D eigenvalue weighted by Crippen LogP contribution is 2.34. The van der Waals surface area contributed by atoms with Crippen LogP contribution in [-0.4, -0.2) is 40.6 Å². The molecule has 0 bridgehead atoms. The number of amides is 1. The van der Waals surface area contributed by atoms with E-state index in [1.165, 1.54) is 29.6 Å². The highest BCUT2D eigenvalue weighted by molar-refractivity contribution is 7.92. The van der Waals surface area contributed by atoms with E-state index in [0.717, 1.165) is 11.1 Å². The summed E-state index contributed by atoms with van der Waals surface area (Å²) in [5.41, 5.74) is 2.40. The van der Waals surface area contributed by atoms with Crippen LogP contribution in [0.3, 0.4) is 0 Å². The maximum atomic E-state index is 13.3. The van der Waals surface area contributed by atoms with Crippen molar-refractivity contribution in [3.63, 3.8) is 0 Å². The molecule has 0 unspecified atom stereocenters. The van der Waals surface area contributed by atoms with Crippen molar-refractivity contribution in [1.82, 2.24) is 5.32 Å². The SMILES string of the molecule is COc1ccc(S(=O)(=O)N2CCc3ccccc32)cc1C(=O)OCC(=O)NCc1ccccc1. The van der Waals surface area contributed by atoms with Gasteiger partial charge in [0.2, 0.25) is 0 Å². The number of hydrogen-bond donors (Lipinski definition) is 1. The maximum Gasteiger partial charge on any atom is 0.342 e. The summed E-state index contributed by atoms with van der Waals surface area (Å²) in [6.07, 6.45) is 0.610. The molecular formula is C25H24N2O6S. The molecule has 34 heavy (non-hydrogen) atoms. The summed E-state index contributed by atoms with van der Waals surface area (Å²) in [5.74, 6) is -1.19. The van der Waals surface area contributed by atoms with Gasteiger partial charge in [0, 0.05) is 13.1 Å². The molecule has 3 aromatic carbocycles. The number of anilines is 1. The highest BCUT2D eigenvalue weighted by Gasteiger charge is 2.31. The van der Waals surface area contributed by atoms with Crippen LogP contribution in [0.25, 0.3) is 0 Å². The van der Waals surface area contributed by atoms with Crippen LogP contribution in [0.5, 0.6) is 5.75 Å². The molecule has 0 radical (unpaired) electrons. The van der Waals surface area contributed by atoms with Gasteiger partial charge in [-0.15, -0.1) is 0 Å². The zero-order valence-electron chi connectivity index (χ0n) is 18.6. The lowest BCUT2D eigenvalue weighted by Crippen LogP contribution is -2.30. The zero-order valence-corrected chi connectivity index (χ0v) is 19.4. The first kappa shape index (κ1) is 23.3. The number of rotatable bonds is 8. The van der Waals surface area contributed by atoms with Crippen molar-refractivity contribution in [2.75, 3.05) is 24.6 Å². The number of nitrogens with zero attached hydrogens (tertiary/aromatic N) is 1. The Kier molecular flexibility index (Phi) is 6.83. The van der Waals surface area contributed by atoms with Gasteiger partial charge in [0.15, 0.2) is 6.61 Å². The molecule has 0 aliphatic carbocycles. The van der Waals surface area contributed by atoms with Gasteiger partial charge in [-0.05, 0) is 41.8 Å². The van der Waals surface area contributed by atoms with Crippen LogP contribution in [0.4, 0.5) is 5.69 Å². The molecule has 0 saturated heterocycles. The first-order valence-electron chi connectivity index (χ1n) is 10.7. The lowest BCUT2D eigenvalue weighted by molar-refractivity contribution is -0.124. The molecule has 1 N–H and O–H groups in total. The Balaban J connectivity index is 1.48. The van der Waals surface area contributed by atoms with E-state index in [-0.39, 0.29) is 16.2 Å². The Hall–Kier alpha value is -3.85. The first-order chi connectivity index (χ1) is 16.4. The largest absolute Gasteiger partial charge is 0.496 e. The fraction of sp³-hybridized carbons (Fsp3) is 0.200. The molecule has 1 amide bonds. The Morgan fingerprint density at radius 2 is 1.74 bits per heavy atom. The first-order valence-corrected chi connectivity index (χ1v) is 12.1. The number of carbonyl (C=O) groups is 2. The second kappa shape index (κ2) is 9.96. The average molecular weight is 481 g/mol. The van der Waals surface area contributed by atoms with Gasteiger partial charge < -0.3 is 14.8 Å². The van der Waals surface area contributed by atoms with Crippen molar-refractivity contribution in [1.29, 1.82) is 0 Å². The Morgan fingerprint density at radius 3 is 2.50 bits per heavy atom. The molecule has 1 aliphatic rings. The minimum atomic E-state index is -3.91. The van der Waals surface area contributed by atoms with Gasteiger partial charge >= 0.3 is 5.97 Å². The third-order valence-electron chi connectivity index (χ3n) is 5.49. The number of ether oxygens (including phenoxy) is 2. The van der Waals surface area contributed by atoms with Crippen molar-refractivity contribution in [2.45, 2.75) is 17.9 Å². The molecule has 0 aromatic heterocycles. The van der Waals surface area contributed by atoms with Crippen LogP contribution in [0.15, 0.2) is 77.7 Å². The second-order valence-corrected chi connectivity index (χ2v) is 9.52. The minimum absolute atomic E-state index is 0.0644. The topological polar surface area (TPSA) is 102 Å². The van der Waals surface area contributed by atoms with E-state index in [9.17, 15) is 18.0 Å². The normalized spacial score (nSPS) is 12.7. The van der Waals surface area contributed by atoms with E-state index in [4.69, 9.17) is 9.47 Å². The monoisotopic (exact) mass is 480 g/mol. The van der Waals surface area contributed by atoms with Gasteiger partial charge in [-0.1, -0.05) is 48.5 Å². The summed E-state index contributed by atoms with van der Waals surface area (Å²) in [7, 11) is -2.55. The number of esters is 1. The Bertz CT molecular complexity index is 1310. The highest BCUT2D eigenvalue weighted by atomic mass is 32.2. The van der Waals surface area contributed by atoms with Crippen LogP contribution < -0.4 is 14.4 Å². The van der Waals surface area contributed by atoms with Crippen LogP contribution in [-0.2, 0) is 32.5 Å². The number of methoxy groups -OCH3 is 1. The lowest BCUT2D eigenvalue weighted by Gasteiger charge is -2.20. The fourth-order valence-corrected chi connectivity index (χ4v) is 5.28. The number of nitrogens with one attached hydrogen (secondary N) is 1. The van der Waals surface area contributed by atoms with Crippen molar-refractivity contribution >= 4 is 27.6 Å². The predicted molar refractivity (Wildman–Crippen MR) is 126 cm³/mol. The summed E-state index contributed by atoms with van der Waals surface area (Å²) in [4.78, 5) is 24.7. The van der Waals surface area contributed by atoms with Gasteiger partial charge in [0.05, 0.1) is 17.7 Å². The molecule has 176 valence electrons. The predicted octanol–water partition coefficient (Wildman–Crippen LogP) is 2.92. The number of benzene rings is 3. The van der Waals surface area contributed by atoms with Gasteiger partial charge in [-0.3, -0.25) is 9.10 Å². The van der Waals surface area contributed by atoms with Gasteiger partial charge in [-0.25, -0.2) is 13.2 Å². The van der Waals surface area contributed by atoms with Gasteiger partial charge in [-0.2, -0.15) is 0 Å². The molecule has 4 rings (SSSR count). The van der Waals surface area contributed by atoms with E-state index in [2.05, 4.69) is 5.32 Å². The molecule has 3 aromatic rings. The molecule has 1 aliphatic heterocycles. The van der Waals surface area contributed by atoms with Crippen LogP contribution >= 0.6 is 0 Å². The smallest absolute Gasteiger partial charge is 0.342 e. The lowest BCUT2D eigenvalue weighted by atomic mass is 10.2. The molecular weight excluding hydrogens is 456 g/mol. The van der Waals surface area contributed by atoms with Crippen LogP contribution in [0.2, 0.25) is 0 Å². The molecule has 8 nitrogen and oxygen atoms in total. The van der Waals surface area contributed by atoms with E-state index in [1.54, 1.807) is 12.1 Å². The third kappa shape index (κ3) is 4.89. The van der Waals surface area contributed by atoms with Crippen molar-refractivity contribution in [2.24, 2.45) is 0 Å². The summed E-state index contributed by atoms with van der Waals surface area (Å²) >= 11 is 0. The van der Waals surface area contributed by atoms with Crippen molar-refractivity contribution in [3.8, 4) is 5.75 Å². The summed E-state index contributed by atoms with van der Waals surface area (Å²) < 4.78 is 38.3. The molecule has 0 fully saturated rings. The van der Waals surface area contributed by atoms with Crippen molar-refractivity contribution in [3.05, 3.63) is 89.5 Å². The van der Waals surface area contributed by atoms with E-state index in [1.807, 2.05) is 42.5 Å². The summed E-state index contributed by atoms with van der Waals surface area (Å²) in [6.45, 7) is 0.103. The number of carbonyl (C=O) groups excluding carboxylic acids is 2. The van der Waals surface area contributed by atoms with E-state index < -0.39 is 28.5 Å². The molecule has 0 atom stereocenters. The molecule has 1 heterocycles. The molecule has 0 spiro atoms. The number of fused-ring (bicyclic) bond motifs is 1.